The number of pyridine rings is 1. The smallest absolute Gasteiger partial charge is 0.220 e. The number of halogens is 1. The van der Waals surface area contributed by atoms with Crippen LogP contribution in [0.4, 0.5) is 0 Å². The highest BCUT2D eigenvalue weighted by Gasteiger charge is 2.28. The third-order valence-electron chi connectivity index (χ3n) is 3.60. The average Bonchev–Trinajstić information content (AvgIpc) is 2.44. The van der Waals surface area contributed by atoms with Crippen LogP contribution in [-0.2, 0) is 6.42 Å². The molecule has 1 aliphatic heterocycles. The Balaban J connectivity index is 2.17. The molecular weight excluding hydrogens is 353 g/mol. The molecule has 3 rings (SSSR count). The van der Waals surface area contributed by atoms with Crippen molar-refractivity contribution in [1.82, 2.24) is 4.98 Å². The molecule has 0 spiro atoms. The summed E-state index contributed by atoms with van der Waals surface area (Å²) in [6.07, 6.45) is 1.19. The average molecular weight is 369 g/mol. The van der Waals surface area contributed by atoms with Crippen LogP contribution in [0.5, 0.6) is 5.88 Å². The number of aromatic nitrogens is 1. The molecule has 2 heterocycles. The number of aliphatic hydroxyl groups excluding tert-OH is 1. The molecule has 0 aliphatic carbocycles. The van der Waals surface area contributed by atoms with Crippen molar-refractivity contribution >= 4 is 33.5 Å². The number of hydrogen-bond acceptors (Lipinski definition) is 3. The van der Waals surface area contributed by atoms with Crippen molar-refractivity contribution in [2.24, 2.45) is 0 Å². The molecule has 0 unspecified atom stereocenters. The number of hydrogen-bond donors (Lipinski definition) is 1. The van der Waals surface area contributed by atoms with Gasteiger partial charge in [0.25, 0.3) is 0 Å². The summed E-state index contributed by atoms with van der Waals surface area (Å²) in [5, 5.41) is 11.3. The lowest BCUT2D eigenvalue weighted by atomic mass is 9.99. The van der Waals surface area contributed by atoms with Crippen LogP contribution in [0, 0.1) is 0 Å². The van der Waals surface area contributed by atoms with E-state index in [1.807, 2.05) is 18.2 Å². The summed E-state index contributed by atoms with van der Waals surface area (Å²) < 4.78 is 6.74. The minimum absolute atomic E-state index is 0.0573. The van der Waals surface area contributed by atoms with E-state index in [1.165, 1.54) is 5.56 Å². The van der Waals surface area contributed by atoms with Crippen molar-refractivity contribution in [3.05, 3.63) is 35.4 Å². The molecular formula is C15H16INO2. The fraction of sp³-hybridized carbons (Fsp3) is 0.400. The number of para-hydroxylation sites is 1. The molecule has 0 amide bonds. The molecule has 0 saturated carbocycles. The molecule has 1 aromatic heterocycles. The first-order chi connectivity index (χ1) is 9.22. The van der Waals surface area contributed by atoms with Gasteiger partial charge in [-0.25, -0.2) is 4.98 Å². The maximum Gasteiger partial charge on any atom is 0.220 e. The molecule has 0 bridgehead atoms. The van der Waals surface area contributed by atoms with E-state index >= 15 is 0 Å². The summed E-state index contributed by atoms with van der Waals surface area (Å²) in [4.78, 5) is 4.65. The number of aryl methyl sites for hydroxylation is 1. The Morgan fingerprint density at radius 1 is 1.47 bits per heavy atom. The number of rotatable bonds is 2. The van der Waals surface area contributed by atoms with Gasteiger partial charge in [0.05, 0.1) is 11.6 Å². The summed E-state index contributed by atoms with van der Waals surface area (Å²) in [5.41, 5.74) is 3.03. The standard InChI is InChI=1S/C15H16INO2/c1-2-9-4-3-5-10-6-12-13(18)7-11(8-16)19-15(12)17-14(9)10/h3-6,11,13,18H,2,7-8H2,1H3/t11-,13-/m0/s1. The van der Waals surface area contributed by atoms with Crippen LogP contribution in [0.2, 0.25) is 0 Å². The number of alkyl halides is 1. The summed E-state index contributed by atoms with van der Waals surface area (Å²) >= 11 is 2.28. The molecule has 1 N–H and O–H groups in total. The van der Waals surface area contributed by atoms with E-state index in [1.54, 1.807) is 0 Å². The maximum atomic E-state index is 10.2. The quantitative estimate of drug-likeness (QED) is 0.652. The van der Waals surface area contributed by atoms with Crippen LogP contribution in [0.15, 0.2) is 24.3 Å². The van der Waals surface area contributed by atoms with Crippen molar-refractivity contribution in [2.75, 3.05) is 4.43 Å². The molecule has 0 radical (unpaired) electrons. The molecule has 1 aromatic carbocycles. The minimum atomic E-state index is -0.467. The molecule has 3 nitrogen and oxygen atoms in total. The molecule has 2 aromatic rings. The molecule has 1 aliphatic rings. The van der Waals surface area contributed by atoms with E-state index in [-0.39, 0.29) is 6.10 Å². The first kappa shape index (κ1) is 13.1. The monoisotopic (exact) mass is 369 g/mol. The van der Waals surface area contributed by atoms with Crippen LogP contribution in [0.3, 0.4) is 0 Å². The largest absolute Gasteiger partial charge is 0.473 e. The molecule has 100 valence electrons. The van der Waals surface area contributed by atoms with Gasteiger partial charge in [0.15, 0.2) is 0 Å². The second kappa shape index (κ2) is 5.25. The van der Waals surface area contributed by atoms with Crippen molar-refractivity contribution in [3.63, 3.8) is 0 Å². The van der Waals surface area contributed by atoms with Gasteiger partial charge in [-0.1, -0.05) is 47.7 Å². The Morgan fingerprint density at radius 3 is 3.05 bits per heavy atom. The molecule has 0 fully saturated rings. The van der Waals surface area contributed by atoms with Gasteiger partial charge < -0.3 is 9.84 Å². The highest BCUT2D eigenvalue weighted by molar-refractivity contribution is 14.1. The van der Waals surface area contributed by atoms with Crippen LogP contribution >= 0.6 is 22.6 Å². The Labute approximate surface area is 126 Å². The first-order valence-electron chi connectivity index (χ1n) is 6.56. The predicted molar refractivity (Wildman–Crippen MR) is 84.0 cm³/mol. The van der Waals surface area contributed by atoms with Crippen molar-refractivity contribution in [3.8, 4) is 5.88 Å². The third kappa shape index (κ3) is 2.31. The van der Waals surface area contributed by atoms with Gasteiger partial charge in [-0.2, -0.15) is 0 Å². The normalized spacial score (nSPS) is 22.1. The summed E-state index contributed by atoms with van der Waals surface area (Å²) in [6, 6.07) is 8.19. The van der Waals surface area contributed by atoms with Gasteiger partial charge in [0, 0.05) is 21.8 Å². The zero-order chi connectivity index (χ0) is 13.4. The molecule has 4 heteroatoms. The number of ether oxygens (including phenoxy) is 1. The first-order valence-corrected chi connectivity index (χ1v) is 8.08. The number of aliphatic hydroxyl groups is 1. The van der Waals surface area contributed by atoms with E-state index in [2.05, 4.69) is 40.6 Å². The van der Waals surface area contributed by atoms with E-state index in [4.69, 9.17) is 4.74 Å². The lowest BCUT2D eigenvalue weighted by Gasteiger charge is -2.28. The van der Waals surface area contributed by atoms with Crippen LogP contribution in [0.25, 0.3) is 10.9 Å². The topological polar surface area (TPSA) is 42.4 Å². The van der Waals surface area contributed by atoms with Gasteiger partial charge in [0.2, 0.25) is 5.88 Å². The van der Waals surface area contributed by atoms with Gasteiger partial charge in [-0.3, -0.25) is 0 Å². The van der Waals surface area contributed by atoms with E-state index in [0.29, 0.717) is 12.3 Å². The lowest BCUT2D eigenvalue weighted by Crippen LogP contribution is -2.27. The van der Waals surface area contributed by atoms with E-state index in [0.717, 1.165) is 27.3 Å². The van der Waals surface area contributed by atoms with Gasteiger partial charge in [-0.15, -0.1) is 0 Å². The highest BCUT2D eigenvalue weighted by atomic mass is 127. The Bertz CT molecular complexity index is 614. The third-order valence-corrected chi connectivity index (χ3v) is 4.58. The summed E-state index contributed by atoms with van der Waals surface area (Å²) in [7, 11) is 0. The second-order valence-corrected chi connectivity index (χ2v) is 5.75. The number of fused-ring (bicyclic) bond motifs is 2. The van der Waals surface area contributed by atoms with E-state index < -0.39 is 6.10 Å². The van der Waals surface area contributed by atoms with Crippen molar-refractivity contribution < 1.29 is 9.84 Å². The van der Waals surface area contributed by atoms with Gasteiger partial charge in [-0.05, 0) is 18.1 Å². The highest BCUT2D eigenvalue weighted by Crippen LogP contribution is 2.36. The SMILES string of the molecule is CCc1cccc2cc3c(nc12)O[C@H](CI)C[C@@H]3O. The number of benzene rings is 1. The van der Waals surface area contributed by atoms with Crippen LogP contribution < -0.4 is 4.74 Å². The molecule has 0 saturated heterocycles. The van der Waals surface area contributed by atoms with Gasteiger partial charge in [0.1, 0.15) is 6.10 Å². The van der Waals surface area contributed by atoms with E-state index in [9.17, 15) is 5.11 Å². The Morgan fingerprint density at radius 2 is 2.32 bits per heavy atom. The van der Waals surface area contributed by atoms with Crippen LogP contribution in [-0.4, -0.2) is 20.6 Å². The fourth-order valence-electron chi connectivity index (χ4n) is 2.55. The summed E-state index contributed by atoms with van der Waals surface area (Å²) in [6.45, 7) is 2.12. The zero-order valence-corrected chi connectivity index (χ0v) is 12.9. The zero-order valence-electron chi connectivity index (χ0n) is 10.8. The van der Waals surface area contributed by atoms with Crippen molar-refractivity contribution in [2.45, 2.75) is 32.0 Å². The number of nitrogens with zero attached hydrogens (tertiary/aromatic N) is 1. The molecule has 2 atom stereocenters. The Hall–Kier alpha value is -0.880. The maximum absolute atomic E-state index is 10.2. The second-order valence-electron chi connectivity index (χ2n) is 4.87. The minimum Gasteiger partial charge on any atom is -0.473 e. The van der Waals surface area contributed by atoms with Gasteiger partial charge >= 0.3 is 0 Å². The fourth-order valence-corrected chi connectivity index (χ4v) is 3.09. The lowest BCUT2D eigenvalue weighted by molar-refractivity contribution is 0.0747. The Kier molecular flexibility index (Phi) is 3.62. The molecule has 19 heavy (non-hydrogen) atoms. The predicted octanol–water partition coefficient (Wildman–Crippen LogP) is 3.42. The van der Waals surface area contributed by atoms with Crippen LogP contribution in [0.1, 0.15) is 30.6 Å². The van der Waals surface area contributed by atoms with Crippen molar-refractivity contribution in [1.29, 1.82) is 0 Å². The summed E-state index contributed by atoms with van der Waals surface area (Å²) in [5.74, 6) is 0.605.